The highest BCUT2D eigenvalue weighted by molar-refractivity contribution is 6.74. The van der Waals surface area contributed by atoms with Crippen LogP contribution in [0.5, 0.6) is 5.75 Å². The summed E-state index contributed by atoms with van der Waals surface area (Å²) in [4.78, 5) is 40.8. The Hall–Kier alpha value is -4.03. The molecule has 1 unspecified atom stereocenters. The molecule has 3 aromatic rings. The fourth-order valence-corrected chi connectivity index (χ4v) is 5.77. The fourth-order valence-electron chi connectivity index (χ4n) is 4.65. The van der Waals surface area contributed by atoms with E-state index in [0.717, 1.165) is 11.1 Å². The standard InChI is InChI=1S/C33H45N5O6Si/c1-31(2,3)44-30(40)38-19-33(7,20-43-45(10,11)32(4,5)6)23-16-22(18-35-27(23)38)24-14-15-34-29(36-24)37-25-13-12-21(28(39)42-9)17-26(25)41-8/h12-18H,19-20H2,1-11H3,(H,34,36,37). The van der Waals surface area contributed by atoms with Gasteiger partial charge in [0, 0.05) is 42.1 Å². The van der Waals surface area contributed by atoms with Gasteiger partial charge in [0.15, 0.2) is 8.32 Å². The molecule has 3 heterocycles. The van der Waals surface area contributed by atoms with Crippen molar-refractivity contribution in [1.82, 2.24) is 15.0 Å². The van der Waals surface area contributed by atoms with E-state index < -0.39 is 31.4 Å². The van der Waals surface area contributed by atoms with Gasteiger partial charge in [0.1, 0.15) is 17.2 Å². The van der Waals surface area contributed by atoms with Gasteiger partial charge in [-0.05, 0) is 69.2 Å². The Kier molecular flexibility index (Phi) is 9.33. The van der Waals surface area contributed by atoms with Gasteiger partial charge in [0.2, 0.25) is 5.95 Å². The maximum Gasteiger partial charge on any atom is 0.416 e. The van der Waals surface area contributed by atoms with Crippen LogP contribution in [0.4, 0.5) is 22.2 Å². The molecule has 0 radical (unpaired) electrons. The second kappa shape index (κ2) is 12.4. The highest BCUT2D eigenvalue weighted by atomic mass is 28.4. The van der Waals surface area contributed by atoms with Gasteiger partial charge in [-0.2, -0.15) is 0 Å². The number of hydrogen-bond acceptors (Lipinski definition) is 10. The van der Waals surface area contributed by atoms with Gasteiger partial charge in [-0.25, -0.2) is 24.5 Å². The first-order chi connectivity index (χ1) is 20.9. The minimum atomic E-state index is -2.09. The van der Waals surface area contributed by atoms with Crippen molar-refractivity contribution in [1.29, 1.82) is 0 Å². The van der Waals surface area contributed by atoms with Crippen LogP contribution in [0.1, 0.15) is 64.4 Å². The number of nitrogens with one attached hydrogen (secondary N) is 1. The van der Waals surface area contributed by atoms with Crippen LogP contribution >= 0.6 is 0 Å². The highest BCUT2D eigenvalue weighted by Gasteiger charge is 2.47. The lowest BCUT2D eigenvalue weighted by molar-refractivity contribution is 0.0571. The molecule has 4 rings (SSSR count). The maximum atomic E-state index is 13.3. The average molecular weight is 636 g/mol. The van der Waals surface area contributed by atoms with Gasteiger partial charge >= 0.3 is 12.1 Å². The topological polar surface area (TPSA) is 125 Å². The van der Waals surface area contributed by atoms with E-state index in [1.54, 1.807) is 41.6 Å². The molecule has 0 spiro atoms. The van der Waals surface area contributed by atoms with Gasteiger partial charge in [0.25, 0.3) is 0 Å². The molecule has 11 nitrogen and oxygen atoms in total. The van der Waals surface area contributed by atoms with E-state index in [4.69, 9.17) is 28.6 Å². The summed E-state index contributed by atoms with van der Waals surface area (Å²) in [6.45, 7) is 19.5. The van der Waals surface area contributed by atoms with Crippen LogP contribution in [0.2, 0.25) is 18.1 Å². The number of esters is 1. The SMILES string of the molecule is COC(=O)c1ccc(Nc2nccc(-c3cnc4c(c3)C(C)(CO[Si](C)(C)C(C)(C)C)CN4C(=O)OC(C)(C)C)n2)c(OC)c1. The lowest BCUT2D eigenvalue weighted by atomic mass is 9.85. The first kappa shape index (κ1) is 33.9. The molecule has 1 atom stereocenters. The van der Waals surface area contributed by atoms with Crippen LogP contribution in [0, 0.1) is 0 Å². The Balaban J connectivity index is 1.69. The Labute approximate surface area is 266 Å². The number of fused-ring (bicyclic) bond motifs is 1. The molecule has 0 saturated heterocycles. The molecule has 242 valence electrons. The normalized spacial score (nSPS) is 16.6. The van der Waals surface area contributed by atoms with Gasteiger partial charge in [-0.3, -0.25) is 4.90 Å². The molecule has 1 aromatic carbocycles. The van der Waals surface area contributed by atoms with E-state index in [1.165, 1.54) is 14.2 Å². The number of pyridine rings is 1. The van der Waals surface area contributed by atoms with E-state index >= 15 is 0 Å². The number of hydrogen-bond donors (Lipinski definition) is 1. The quantitative estimate of drug-likeness (QED) is 0.202. The zero-order chi connectivity index (χ0) is 33.4. The van der Waals surface area contributed by atoms with Crippen molar-refractivity contribution in [3.8, 4) is 17.0 Å². The molecule has 0 aliphatic carbocycles. The Morgan fingerprint density at radius 3 is 2.38 bits per heavy atom. The Bertz CT molecular complexity index is 1580. The predicted octanol–water partition coefficient (Wildman–Crippen LogP) is 7.11. The number of amides is 1. The van der Waals surface area contributed by atoms with Crippen LogP contribution < -0.4 is 15.0 Å². The first-order valence-corrected chi connectivity index (χ1v) is 17.8. The summed E-state index contributed by atoms with van der Waals surface area (Å²) in [5.41, 5.74) is 2.04. The highest BCUT2D eigenvalue weighted by Crippen LogP contribution is 2.44. The lowest BCUT2D eigenvalue weighted by Gasteiger charge is -2.39. The fraction of sp³-hybridized carbons (Fsp3) is 0.485. The summed E-state index contributed by atoms with van der Waals surface area (Å²) in [5, 5.41) is 3.21. The number of carbonyl (C=O) groups is 2. The number of anilines is 3. The molecule has 0 saturated carbocycles. The molecule has 1 aliphatic heterocycles. The number of carbonyl (C=O) groups excluding carboxylic acids is 2. The van der Waals surface area contributed by atoms with E-state index in [1.807, 2.05) is 26.8 Å². The summed E-state index contributed by atoms with van der Waals surface area (Å²) < 4.78 is 22.8. The minimum absolute atomic E-state index is 0.0302. The van der Waals surface area contributed by atoms with Crippen LogP contribution in [0.3, 0.4) is 0 Å². The molecule has 1 aliphatic rings. The van der Waals surface area contributed by atoms with Crippen molar-refractivity contribution in [3.05, 3.63) is 53.9 Å². The summed E-state index contributed by atoms with van der Waals surface area (Å²) >= 11 is 0. The number of aromatic nitrogens is 3. The van der Waals surface area contributed by atoms with Crippen molar-refractivity contribution in [2.75, 3.05) is 37.6 Å². The molecule has 0 bridgehead atoms. The van der Waals surface area contributed by atoms with Crippen molar-refractivity contribution >= 4 is 37.8 Å². The average Bonchev–Trinajstić information content (AvgIpc) is 3.27. The molecular weight excluding hydrogens is 590 g/mol. The van der Waals surface area contributed by atoms with Gasteiger partial charge < -0.3 is 24.0 Å². The summed E-state index contributed by atoms with van der Waals surface area (Å²) in [5.74, 6) is 0.855. The number of ether oxygens (including phenoxy) is 3. The number of benzene rings is 1. The monoisotopic (exact) mass is 635 g/mol. The molecule has 1 N–H and O–H groups in total. The zero-order valence-corrected chi connectivity index (χ0v) is 29.2. The molecule has 0 fully saturated rings. The van der Waals surface area contributed by atoms with Crippen molar-refractivity contribution < 1.29 is 28.2 Å². The van der Waals surface area contributed by atoms with Crippen molar-refractivity contribution in [2.45, 2.75) is 77.6 Å². The van der Waals surface area contributed by atoms with E-state index in [0.29, 0.717) is 47.6 Å². The third-order valence-electron chi connectivity index (χ3n) is 8.27. The lowest BCUT2D eigenvalue weighted by Crippen LogP contribution is -2.46. The Morgan fingerprint density at radius 2 is 1.76 bits per heavy atom. The molecule has 12 heteroatoms. The number of methoxy groups -OCH3 is 2. The third kappa shape index (κ3) is 7.45. The molecule has 1 amide bonds. The van der Waals surface area contributed by atoms with E-state index in [-0.39, 0.29) is 5.04 Å². The van der Waals surface area contributed by atoms with Gasteiger partial charge in [-0.15, -0.1) is 0 Å². The van der Waals surface area contributed by atoms with Crippen LogP contribution in [0.15, 0.2) is 42.7 Å². The van der Waals surface area contributed by atoms with Crippen LogP contribution in [-0.2, 0) is 19.3 Å². The summed E-state index contributed by atoms with van der Waals surface area (Å²) in [7, 11) is 0.752. The summed E-state index contributed by atoms with van der Waals surface area (Å²) in [6.07, 6.45) is 2.91. The number of nitrogens with zero attached hydrogens (tertiary/aromatic N) is 4. The van der Waals surface area contributed by atoms with Crippen molar-refractivity contribution in [3.63, 3.8) is 0 Å². The van der Waals surface area contributed by atoms with Crippen molar-refractivity contribution in [2.24, 2.45) is 0 Å². The predicted molar refractivity (Wildman–Crippen MR) is 177 cm³/mol. The van der Waals surface area contributed by atoms with Gasteiger partial charge in [0.05, 0.1) is 31.2 Å². The molecule has 2 aromatic heterocycles. The second-order valence-corrected chi connectivity index (χ2v) is 18.9. The minimum Gasteiger partial charge on any atom is -0.495 e. The first-order valence-electron chi connectivity index (χ1n) is 14.9. The van der Waals surface area contributed by atoms with E-state index in [9.17, 15) is 9.59 Å². The zero-order valence-electron chi connectivity index (χ0n) is 28.2. The van der Waals surface area contributed by atoms with E-state index in [2.05, 4.69) is 51.1 Å². The van der Waals surface area contributed by atoms with Crippen LogP contribution in [0.25, 0.3) is 11.3 Å². The third-order valence-corrected chi connectivity index (χ3v) is 12.8. The molecule has 45 heavy (non-hydrogen) atoms. The second-order valence-electron chi connectivity index (χ2n) is 14.1. The van der Waals surface area contributed by atoms with Crippen LogP contribution in [-0.4, -0.2) is 68.3 Å². The summed E-state index contributed by atoms with van der Waals surface area (Å²) in [6, 6.07) is 8.76. The smallest absolute Gasteiger partial charge is 0.416 e. The van der Waals surface area contributed by atoms with Gasteiger partial charge in [-0.1, -0.05) is 27.7 Å². The molecular formula is C33H45N5O6Si. The largest absolute Gasteiger partial charge is 0.495 e. The number of rotatable bonds is 8. The Morgan fingerprint density at radius 1 is 1.04 bits per heavy atom. The maximum absolute atomic E-state index is 13.3.